The third-order valence-electron chi connectivity index (χ3n) is 4.46. The van der Waals surface area contributed by atoms with Crippen LogP contribution >= 0.6 is 0 Å². The highest BCUT2D eigenvalue weighted by Gasteiger charge is 2.28. The minimum atomic E-state index is -0.879. The molecule has 1 atom stereocenters. The summed E-state index contributed by atoms with van der Waals surface area (Å²) in [5, 5.41) is 2.53. The van der Waals surface area contributed by atoms with E-state index in [0.29, 0.717) is 31.5 Å². The van der Waals surface area contributed by atoms with E-state index in [4.69, 9.17) is 9.47 Å². The molecule has 2 amide bonds. The summed E-state index contributed by atoms with van der Waals surface area (Å²) in [4.78, 5) is 49.2. The van der Waals surface area contributed by atoms with Crippen molar-refractivity contribution < 1.29 is 28.7 Å². The molecular formula is C19H24N2O6. The summed E-state index contributed by atoms with van der Waals surface area (Å²) >= 11 is 0. The maximum Gasteiger partial charge on any atom is 0.328 e. The number of nitrogens with one attached hydrogen (secondary N) is 1. The van der Waals surface area contributed by atoms with E-state index in [1.807, 2.05) is 0 Å². The highest BCUT2D eigenvalue weighted by Crippen LogP contribution is 2.18. The molecule has 8 nitrogen and oxygen atoms in total. The Labute approximate surface area is 157 Å². The number of methoxy groups -OCH3 is 1. The van der Waals surface area contributed by atoms with Crippen LogP contribution < -0.4 is 5.32 Å². The van der Waals surface area contributed by atoms with Crippen molar-refractivity contribution in [2.75, 3.05) is 26.8 Å². The fourth-order valence-electron chi connectivity index (χ4n) is 2.81. The van der Waals surface area contributed by atoms with Gasteiger partial charge in [-0.05, 0) is 31.9 Å². The molecule has 0 aliphatic carbocycles. The summed E-state index contributed by atoms with van der Waals surface area (Å²) < 4.78 is 9.72. The number of ether oxygens (including phenoxy) is 2. The Hall–Kier alpha value is -2.90. The molecule has 0 bridgehead atoms. The molecule has 1 heterocycles. The average molecular weight is 376 g/mol. The van der Waals surface area contributed by atoms with Gasteiger partial charge in [0.1, 0.15) is 6.04 Å². The van der Waals surface area contributed by atoms with E-state index >= 15 is 0 Å². The van der Waals surface area contributed by atoms with E-state index in [1.54, 1.807) is 35.2 Å². The van der Waals surface area contributed by atoms with Gasteiger partial charge in [-0.25, -0.2) is 4.79 Å². The monoisotopic (exact) mass is 376 g/mol. The third-order valence-corrected chi connectivity index (χ3v) is 4.46. The van der Waals surface area contributed by atoms with Crippen LogP contribution in [-0.4, -0.2) is 61.5 Å². The van der Waals surface area contributed by atoms with Crippen molar-refractivity contribution in [3.8, 4) is 0 Å². The summed E-state index contributed by atoms with van der Waals surface area (Å²) in [5.74, 6) is -1.87. The molecule has 0 saturated carbocycles. The molecule has 1 aromatic rings. The highest BCUT2D eigenvalue weighted by atomic mass is 16.5. The van der Waals surface area contributed by atoms with Gasteiger partial charge < -0.3 is 19.7 Å². The molecule has 1 aliphatic heterocycles. The van der Waals surface area contributed by atoms with Gasteiger partial charge in [-0.1, -0.05) is 18.2 Å². The van der Waals surface area contributed by atoms with E-state index in [9.17, 15) is 19.2 Å². The first-order valence-corrected chi connectivity index (χ1v) is 8.80. The molecule has 1 unspecified atom stereocenters. The lowest BCUT2D eigenvalue weighted by atomic mass is 9.97. The number of esters is 2. The first-order chi connectivity index (χ1) is 12.9. The Kier molecular flexibility index (Phi) is 7.34. The Morgan fingerprint density at radius 3 is 2.37 bits per heavy atom. The number of nitrogens with zero attached hydrogens (tertiary/aromatic N) is 1. The number of likely N-dealkylation sites (tertiary alicyclic amines) is 1. The van der Waals surface area contributed by atoms with E-state index in [2.05, 4.69) is 5.32 Å². The van der Waals surface area contributed by atoms with E-state index in [1.165, 1.54) is 14.0 Å². The van der Waals surface area contributed by atoms with Crippen molar-refractivity contribution in [1.29, 1.82) is 0 Å². The number of amides is 2. The molecule has 0 radical (unpaired) electrons. The second-order valence-electron chi connectivity index (χ2n) is 6.35. The molecule has 0 aromatic heterocycles. The van der Waals surface area contributed by atoms with Crippen molar-refractivity contribution in [1.82, 2.24) is 10.2 Å². The Bertz CT molecular complexity index is 683. The van der Waals surface area contributed by atoms with Gasteiger partial charge in [0.15, 0.2) is 6.61 Å². The average Bonchev–Trinajstić information content (AvgIpc) is 2.71. The summed E-state index contributed by atoms with van der Waals surface area (Å²) in [6, 6.07) is 7.62. The van der Waals surface area contributed by atoms with Crippen LogP contribution in [0.4, 0.5) is 0 Å². The molecule has 8 heteroatoms. The molecule has 1 saturated heterocycles. The summed E-state index contributed by atoms with van der Waals surface area (Å²) in [6.07, 6.45) is 1.05. The topological polar surface area (TPSA) is 102 Å². The van der Waals surface area contributed by atoms with E-state index in [-0.39, 0.29) is 17.8 Å². The standard InChI is InChI=1S/C19H24N2O6/c1-13(20-17(23)14-6-4-3-5-7-14)18(24)27-12-16(22)21-10-8-15(9-11-21)19(25)26-2/h3-7,13,15H,8-12H2,1-2H3,(H,20,23). The number of hydrogen-bond donors (Lipinski definition) is 1. The molecule has 2 rings (SSSR count). The zero-order valence-corrected chi connectivity index (χ0v) is 15.5. The van der Waals surface area contributed by atoms with Gasteiger partial charge in [-0.2, -0.15) is 0 Å². The number of hydrogen-bond acceptors (Lipinski definition) is 6. The largest absolute Gasteiger partial charge is 0.469 e. The zero-order chi connectivity index (χ0) is 19.8. The van der Waals surface area contributed by atoms with Crippen LogP contribution in [0.15, 0.2) is 30.3 Å². The van der Waals surface area contributed by atoms with Crippen LogP contribution in [0.1, 0.15) is 30.1 Å². The van der Waals surface area contributed by atoms with Gasteiger partial charge in [-0.15, -0.1) is 0 Å². The van der Waals surface area contributed by atoms with Crippen LogP contribution in [0.3, 0.4) is 0 Å². The Morgan fingerprint density at radius 2 is 1.78 bits per heavy atom. The molecule has 1 N–H and O–H groups in total. The third kappa shape index (κ3) is 5.80. The van der Waals surface area contributed by atoms with Crippen molar-refractivity contribution in [2.45, 2.75) is 25.8 Å². The molecule has 1 aliphatic rings. The SMILES string of the molecule is COC(=O)C1CCN(C(=O)COC(=O)C(C)NC(=O)c2ccccc2)CC1. The van der Waals surface area contributed by atoms with Crippen molar-refractivity contribution in [3.63, 3.8) is 0 Å². The van der Waals surface area contributed by atoms with Gasteiger partial charge in [0, 0.05) is 18.7 Å². The first-order valence-electron chi connectivity index (χ1n) is 8.80. The Balaban J connectivity index is 1.74. The van der Waals surface area contributed by atoms with Gasteiger partial charge in [-0.3, -0.25) is 14.4 Å². The van der Waals surface area contributed by atoms with Gasteiger partial charge in [0.05, 0.1) is 13.0 Å². The van der Waals surface area contributed by atoms with Gasteiger partial charge in [0.2, 0.25) is 0 Å². The summed E-state index contributed by atoms with van der Waals surface area (Å²) in [5.41, 5.74) is 0.432. The lowest BCUT2D eigenvalue weighted by Gasteiger charge is -2.30. The predicted octanol–water partition coefficient (Wildman–Crippen LogP) is 0.760. The highest BCUT2D eigenvalue weighted by molar-refractivity contribution is 5.96. The second-order valence-corrected chi connectivity index (χ2v) is 6.35. The second kappa shape index (κ2) is 9.70. The summed E-state index contributed by atoms with van der Waals surface area (Å²) in [6.45, 7) is 1.93. The van der Waals surface area contributed by atoms with Crippen LogP contribution in [0.2, 0.25) is 0 Å². The molecule has 0 spiro atoms. The van der Waals surface area contributed by atoms with Gasteiger partial charge >= 0.3 is 11.9 Å². The van der Waals surface area contributed by atoms with Crippen molar-refractivity contribution in [2.24, 2.45) is 5.92 Å². The first kappa shape index (κ1) is 20.4. The number of rotatable bonds is 6. The number of benzene rings is 1. The minimum Gasteiger partial charge on any atom is -0.469 e. The summed E-state index contributed by atoms with van der Waals surface area (Å²) in [7, 11) is 1.34. The number of piperidine rings is 1. The number of carbonyl (C=O) groups is 4. The maximum atomic E-state index is 12.2. The normalized spacial score (nSPS) is 15.6. The molecule has 27 heavy (non-hydrogen) atoms. The number of carbonyl (C=O) groups excluding carboxylic acids is 4. The lowest BCUT2D eigenvalue weighted by molar-refractivity contribution is -0.155. The molecule has 1 fully saturated rings. The molecular weight excluding hydrogens is 352 g/mol. The van der Waals surface area contributed by atoms with Crippen LogP contribution in [0.5, 0.6) is 0 Å². The van der Waals surface area contributed by atoms with E-state index in [0.717, 1.165) is 0 Å². The smallest absolute Gasteiger partial charge is 0.328 e. The van der Waals surface area contributed by atoms with Crippen LogP contribution in [-0.2, 0) is 23.9 Å². The molecule has 1 aromatic carbocycles. The fourth-order valence-corrected chi connectivity index (χ4v) is 2.81. The van der Waals surface area contributed by atoms with Crippen LogP contribution in [0, 0.1) is 5.92 Å². The fraction of sp³-hybridized carbons (Fsp3) is 0.474. The quantitative estimate of drug-likeness (QED) is 0.736. The van der Waals surface area contributed by atoms with Crippen LogP contribution in [0.25, 0.3) is 0 Å². The Morgan fingerprint density at radius 1 is 1.15 bits per heavy atom. The van der Waals surface area contributed by atoms with Crippen molar-refractivity contribution in [3.05, 3.63) is 35.9 Å². The van der Waals surface area contributed by atoms with Gasteiger partial charge in [0.25, 0.3) is 11.8 Å². The minimum absolute atomic E-state index is 0.199. The van der Waals surface area contributed by atoms with E-state index < -0.39 is 24.5 Å². The zero-order valence-electron chi connectivity index (χ0n) is 15.5. The lowest BCUT2D eigenvalue weighted by Crippen LogP contribution is -2.44. The molecule has 146 valence electrons. The van der Waals surface area contributed by atoms with Crippen molar-refractivity contribution >= 4 is 23.8 Å². The predicted molar refractivity (Wildman–Crippen MR) is 95.6 cm³/mol. The maximum absolute atomic E-state index is 12.2.